The maximum absolute atomic E-state index is 11.4. The van der Waals surface area contributed by atoms with Crippen molar-refractivity contribution in [3.63, 3.8) is 0 Å². The molecule has 0 saturated carbocycles. The molecule has 0 aromatic rings. The summed E-state index contributed by atoms with van der Waals surface area (Å²) in [5, 5.41) is 16.1. The highest BCUT2D eigenvalue weighted by Gasteiger charge is 2.18. The third kappa shape index (κ3) is 7.48. The van der Waals surface area contributed by atoms with E-state index in [1.165, 1.54) is 7.05 Å². The maximum Gasteiger partial charge on any atom is 0.326 e. The Hall–Kier alpha value is -1.79. The summed E-state index contributed by atoms with van der Waals surface area (Å²) in [4.78, 5) is 33.1. The molecule has 4 N–H and O–H groups in total. The Morgan fingerprint density at radius 3 is 2.44 bits per heavy atom. The quantitative estimate of drug-likeness (QED) is 0.494. The highest BCUT2D eigenvalue weighted by Crippen LogP contribution is 2.00. The highest BCUT2D eigenvalue weighted by atomic mass is 16.4. The minimum absolute atomic E-state index is 0.163. The summed E-state index contributed by atoms with van der Waals surface area (Å²) >= 11 is 0. The van der Waals surface area contributed by atoms with Crippen LogP contribution in [0.4, 0.5) is 4.79 Å². The molecule has 1 unspecified atom stereocenters. The Kier molecular flexibility index (Phi) is 8.34. The molecular formula is C11H21N3O4. The number of carboxylic acid groups (broad SMARTS) is 1. The second kappa shape index (κ2) is 9.26. The lowest BCUT2D eigenvalue weighted by molar-refractivity contribution is -0.139. The smallest absolute Gasteiger partial charge is 0.326 e. The van der Waals surface area contributed by atoms with Gasteiger partial charge < -0.3 is 21.1 Å². The molecule has 1 atom stereocenters. The summed E-state index contributed by atoms with van der Waals surface area (Å²) in [5.41, 5.74) is 0. The van der Waals surface area contributed by atoms with Crippen molar-refractivity contribution < 1.29 is 19.5 Å². The molecule has 0 spiro atoms. The van der Waals surface area contributed by atoms with Crippen LogP contribution in [0.1, 0.15) is 32.6 Å². The average Bonchev–Trinajstić information content (AvgIpc) is 2.33. The van der Waals surface area contributed by atoms with E-state index in [-0.39, 0.29) is 18.9 Å². The molecule has 0 saturated heterocycles. The van der Waals surface area contributed by atoms with Crippen molar-refractivity contribution in [3.05, 3.63) is 0 Å². The summed E-state index contributed by atoms with van der Waals surface area (Å²) in [6.07, 6.45) is 2.16. The van der Waals surface area contributed by atoms with Crippen LogP contribution in [0.25, 0.3) is 0 Å². The summed E-state index contributed by atoms with van der Waals surface area (Å²) in [6, 6.07) is -1.45. The Balaban J connectivity index is 3.94. The van der Waals surface area contributed by atoms with Crippen LogP contribution in [0.3, 0.4) is 0 Å². The topological polar surface area (TPSA) is 108 Å². The number of aliphatic carboxylic acids is 1. The molecule has 0 rings (SSSR count). The van der Waals surface area contributed by atoms with Gasteiger partial charge in [0.25, 0.3) is 0 Å². The van der Waals surface area contributed by atoms with E-state index in [2.05, 4.69) is 16.0 Å². The minimum atomic E-state index is -1.05. The molecular weight excluding hydrogens is 238 g/mol. The molecule has 0 aromatic heterocycles. The van der Waals surface area contributed by atoms with E-state index < -0.39 is 18.0 Å². The van der Waals surface area contributed by atoms with Crippen LogP contribution in [-0.2, 0) is 9.59 Å². The van der Waals surface area contributed by atoms with E-state index in [4.69, 9.17) is 5.11 Å². The van der Waals surface area contributed by atoms with Crippen molar-refractivity contribution in [2.45, 2.75) is 38.6 Å². The van der Waals surface area contributed by atoms with Gasteiger partial charge in [0, 0.05) is 20.0 Å². The first-order chi connectivity index (χ1) is 8.51. The van der Waals surface area contributed by atoms with Crippen LogP contribution >= 0.6 is 0 Å². The normalized spacial score (nSPS) is 11.4. The van der Waals surface area contributed by atoms with Gasteiger partial charge in [-0.2, -0.15) is 0 Å². The fourth-order valence-corrected chi connectivity index (χ4v) is 1.29. The van der Waals surface area contributed by atoms with E-state index in [1.54, 1.807) is 0 Å². The second-order valence-corrected chi connectivity index (χ2v) is 3.86. The van der Waals surface area contributed by atoms with Crippen molar-refractivity contribution in [1.82, 2.24) is 16.0 Å². The molecule has 0 heterocycles. The van der Waals surface area contributed by atoms with Crippen molar-refractivity contribution >= 4 is 17.9 Å². The Labute approximate surface area is 106 Å². The van der Waals surface area contributed by atoms with Gasteiger partial charge in [-0.05, 0) is 6.42 Å². The summed E-state index contributed by atoms with van der Waals surface area (Å²) in [6.45, 7) is 2.12. The predicted octanol–water partition coefficient (Wildman–Crippen LogP) is 0.0651. The molecule has 0 aliphatic rings. The van der Waals surface area contributed by atoms with E-state index in [9.17, 15) is 14.4 Å². The Morgan fingerprint density at radius 2 is 1.94 bits per heavy atom. The van der Waals surface area contributed by atoms with Crippen LogP contribution in [-0.4, -0.2) is 42.6 Å². The molecule has 0 radical (unpaired) electrons. The van der Waals surface area contributed by atoms with Crippen LogP contribution < -0.4 is 16.0 Å². The van der Waals surface area contributed by atoms with Gasteiger partial charge >= 0.3 is 12.0 Å². The number of carboxylic acids is 1. The lowest BCUT2D eigenvalue weighted by Crippen LogP contribution is -2.46. The number of amides is 3. The number of rotatable bonds is 8. The van der Waals surface area contributed by atoms with Gasteiger partial charge in [0.05, 0.1) is 0 Å². The monoisotopic (exact) mass is 259 g/mol. The molecule has 0 fully saturated rings. The van der Waals surface area contributed by atoms with E-state index in [1.807, 2.05) is 6.92 Å². The first kappa shape index (κ1) is 16.2. The maximum atomic E-state index is 11.4. The van der Waals surface area contributed by atoms with Gasteiger partial charge in [-0.3, -0.25) is 4.79 Å². The van der Waals surface area contributed by atoms with Gasteiger partial charge in [-0.1, -0.05) is 19.8 Å². The predicted molar refractivity (Wildman–Crippen MR) is 66.2 cm³/mol. The van der Waals surface area contributed by atoms with Crippen LogP contribution in [0.2, 0.25) is 0 Å². The molecule has 3 amide bonds. The first-order valence-electron chi connectivity index (χ1n) is 5.99. The van der Waals surface area contributed by atoms with Crippen LogP contribution in [0.5, 0.6) is 0 Å². The zero-order valence-electron chi connectivity index (χ0n) is 10.8. The third-order valence-electron chi connectivity index (χ3n) is 2.37. The number of carbonyl (C=O) groups is 3. The van der Waals surface area contributed by atoms with Crippen molar-refractivity contribution in [2.24, 2.45) is 0 Å². The molecule has 0 aromatic carbocycles. The molecule has 0 aliphatic heterocycles. The number of unbranched alkanes of at least 4 members (excludes halogenated alkanes) is 1. The average molecular weight is 259 g/mol. The van der Waals surface area contributed by atoms with Gasteiger partial charge in [-0.15, -0.1) is 0 Å². The number of hydrogen-bond donors (Lipinski definition) is 4. The third-order valence-corrected chi connectivity index (χ3v) is 2.37. The highest BCUT2D eigenvalue weighted by molar-refractivity contribution is 5.83. The molecule has 18 heavy (non-hydrogen) atoms. The fraction of sp³-hybridized carbons (Fsp3) is 0.727. The number of carbonyl (C=O) groups excluding carboxylic acids is 2. The molecule has 104 valence electrons. The first-order valence-corrected chi connectivity index (χ1v) is 5.99. The van der Waals surface area contributed by atoms with E-state index >= 15 is 0 Å². The van der Waals surface area contributed by atoms with E-state index in [0.717, 1.165) is 12.8 Å². The Morgan fingerprint density at radius 1 is 1.28 bits per heavy atom. The van der Waals surface area contributed by atoms with Crippen molar-refractivity contribution in [2.75, 3.05) is 13.6 Å². The van der Waals surface area contributed by atoms with Crippen molar-refractivity contribution in [1.29, 1.82) is 0 Å². The van der Waals surface area contributed by atoms with Crippen molar-refractivity contribution in [3.8, 4) is 0 Å². The molecule has 7 nitrogen and oxygen atoms in total. The van der Waals surface area contributed by atoms with Gasteiger partial charge in [0.2, 0.25) is 5.91 Å². The summed E-state index contributed by atoms with van der Waals surface area (Å²) in [5.74, 6) is -1.24. The van der Waals surface area contributed by atoms with E-state index in [0.29, 0.717) is 6.42 Å². The molecule has 0 bridgehead atoms. The second-order valence-electron chi connectivity index (χ2n) is 3.86. The van der Waals surface area contributed by atoms with Gasteiger partial charge in [-0.25, -0.2) is 9.59 Å². The molecule has 0 aliphatic carbocycles. The Bertz CT molecular complexity index is 294. The number of nitrogens with one attached hydrogen (secondary N) is 3. The lowest BCUT2D eigenvalue weighted by atomic mass is 10.1. The summed E-state index contributed by atoms with van der Waals surface area (Å²) in [7, 11) is 1.51. The lowest BCUT2D eigenvalue weighted by Gasteiger charge is -2.14. The van der Waals surface area contributed by atoms with Gasteiger partial charge in [0.15, 0.2) is 0 Å². The standard InChI is InChI=1S/C11H21N3O4/c1-3-4-5-8(10(16)17)14-11(18)13-7-6-9(15)12-2/h8H,3-7H2,1-2H3,(H,12,15)(H,16,17)(H2,13,14,18). The zero-order valence-corrected chi connectivity index (χ0v) is 10.8. The SMILES string of the molecule is CCCCC(NC(=O)NCCC(=O)NC)C(=O)O. The number of urea groups is 1. The largest absolute Gasteiger partial charge is 0.480 e. The molecule has 7 heteroatoms. The minimum Gasteiger partial charge on any atom is -0.480 e. The fourth-order valence-electron chi connectivity index (χ4n) is 1.29. The van der Waals surface area contributed by atoms with Gasteiger partial charge in [0.1, 0.15) is 6.04 Å². The van der Waals surface area contributed by atoms with Crippen LogP contribution in [0, 0.1) is 0 Å². The number of hydrogen-bond acceptors (Lipinski definition) is 3. The van der Waals surface area contributed by atoms with Crippen LogP contribution in [0.15, 0.2) is 0 Å². The summed E-state index contributed by atoms with van der Waals surface area (Å²) < 4.78 is 0. The zero-order chi connectivity index (χ0) is 14.0.